The first-order valence-corrected chi connectivity index (χ1v) is 9.57. The van der Waals surface area contributed by atoms with E-state index in [0.717, 1.165) is 43.5 Å². The van der Waals surface area contributed by atoms with Gasteiger partial charge in [-0.1, -0.05) is 25.1 Å². The number of hydrogen-bond donors (Lipinski definition) is 1. The van der Waals surface area contributed by atoms with Crippen LogP contribution in [0.5, 0.6) is 0 Å². The third-order valence-electron chi connectivity index (χ3n) is 4.38. The summed E-state index contributed by atoms with van der Waals surface area (Å²) in [6.45, 7) is 8.19. The molecule has 24 heavy (non-hydrogen) atoms. The molecule has 0 bridgehead atoms. The second-order valence-corrected chi connectivity index (χ2v) is 7.82. The summed E-state index contributed by atoms with van der Waals surface area (Å²) in [5, 5.41) is 7.99. The molecule has 2 aromatic heterocycles. The molecule has 2 heterocycles. The maximum atomic E-state index is 12.1. The van der Waals surface area contributed by atoms with Gasteiger partial charge in [-0.3, -0.25) is 4.79 Å². The normalized spacial score (nSPS) is 15.7. The largest absolute Gasteiger partial charge is 0.352 e. The molecule has 1 aliphatic rings. The molecule has 2 aromatic rings. The zero-order valence-electron chi connectivity index (χ0n) is 14.8. The van der Waals surface area contributed by atoms with Crippen molar-refractivity contribution in [1.82, 2.24) is 24.9 Å². The summed E-state index contributed by atoms with van der Waals surface area (Å²) in [5.74, 6) is 0.674. The van der Waals surface area contributed by atoms with Gasteiger partial charge in [-0.15, -0.1) is 5.10 Å². The number of carbonyl (C=O) groups is 1. The van der Waals surface area contributed by atoms with Gasteiger partial charge in [0, 0.05) is 17.4 Å². The van der Waals surface area contributed by atoms with E-state index in [1.54, 1.807) is 0 Å². The lowest BCUT2D eigenvalue weighted by atomic mass is 10.1. The Morgan fingerprint density at radius 1 is 1.38 bits per heavy atom. The Bertz CT molecular complexity index is 753. The fraction of sp³-hybridized carbons (Fsp3) is 0.647. The number of unbranched alkanes of at least 4 members (excludes halogenated alkanes) is 1. The Kier molecular flexibility index (Phi) is 5.08. The number of thioether (sulfide) groups is 1. The van der Waals surface area contributed by atoms with Crippen LogP contribution in [-0.4, -0.2) is 36.8 Å². The van der Waals surface area contributed by atoms with E-state index < -0.39 is 0 Å². The number of aryl methyl sites for hydroxylation is 2. The lowest BCUT2D eigenvalue weighted by molar-refractivity contribution is -0.120. The SMILES string of the molecule is CCCCc1c(C)nc2nc(SC(C)C(=O)NC3CC3)nn2c1C. The summed E-state index contributed by atoms with van der Waals surface area (Å²) in [6.07, 6.45) is 5.50. The zero-order chi connectivity index (χ0) is 17.3. The molecule has 1 aliphatic carbocycles. The Labute approximate surface area is 146 Å². The van der Waals surface area contributed by atoms with Crippen molar-refractivity contribution in [2.24, 2.45) is 0 Å². The Morgan fingerprint density at radius 2 is 2.12 bits per heavy atom. The van der Waals surface area contributed by atoms with Crippen molar-refractivity contribution in [3.05, 3.63) is 17.0 Å². The molecule has 0 aromatic carbocycles. The predicted molar refractivity (Wildman–Crippen MR) is 95.4 cm³/mol. The van der Waals surface area contributed by atoms with E-state index in [1.165, 1.54) is 17.3 Å². The smallest absolute Gasteiger partial charge is 0.253 e. The van der Waals surface area contributed by atoms with E-state index in [9.17, 15) is 4.79 Å². The average Bonchev–Trinajstić information content (AvgIpc) is 3.26. The Morgan fingerprint density at radius 3 is 2.79 bits per heavy atom. The van der Waals surface area contributed by atoms with Gasteiger partial charge in [-0.2, -0.15) is 4.98 Å². The summed E-state index contributed by atoms with van der Waals surface area (Å²) in [7, 11) is 0. The van der Waals surface area contributed by atoms with Gasteiger partial charge in [-0.05, 0) is 52.0 Å². The Hall–Kier alpha value is -1.63. The van der Waals surface area contributed by atoms with Crippen LogP contribution in [0, 0.1) is 13.8 Å². The van der Waals surface area contributed by atoms with Crippen LogP contribution >= 0.6 is 11.8 Å². The molecule has 130 valence electrons. The standard InChI is InChI=1S/C17H25N5OS/c1-5-6-7-14-10(2)18-16-20-17(21-22(16)11(14)3)24-12(4)15(23)19-13-8-9-13/h12-13H,5-9H2,1-4H3,(H,19,23). The summed E-state index contributed by atoms with van der Waals surface area (Å²) in [4.78, 5) is 21.2. The van der Waals surface area contributed by atoms with Crippen molar-refractivity contribution in [2.45, 2.75) is 76.2 Å². The fourth-order valence-corrected chi connectivity index (χ4v) is 3.47. The number of nitrogens with zero attached hydrogens (tertiary/aromatic N) is 4. The van der Waals surface area contributed by atoms with E-state index in [-0.39, 0.29) is 11.2 Å². The summed E-state index contributed by atoms with van der Waals surface area (Å²) < 4.78 is 1.81. The van der Waals surface area contributed by atoms with Crippen molar-refractivity contribution in [1.29, 1.82) is 0 Å². The highest BCUT2D eigenvalue weighted by Crippen LogP contribution is 2.24. The third-order valence-corrected chi connectivity index (χ3v) is 5.34. The highest BCUT2D eigenvalue weighted by Gasteiger charge is 2.26. The molecule has 1 atom stereocenters. The van der Waals surface area contributed by atoms with Crippen molar-refractivity contribution in [3.63, 3.8) is 0 Å². The molecule has 3 rings (SSSR count). The van der Waals surface area contributed by atoms with Crippen LogP contribution in [0.3, 0.4) is 0 Å². The molecule has 1 saturated carbocycles. The van der Waals surface area contributed by atoms with Gasteiger partial charge in [0.25, 0.3) is 5.78 Å². The van der Waals surface area contributed by atoms with Crippen LogP contribution in [0.25, 0.3) is 5.78 Å². The van der Waals surface area contributed by atoms with Gasteiger partial charge in [-0.25, -0.2) is 9.50 Å². The zero-order valence-corrected chi connectivity index (χ0v) is 15.6. The first kappa shape index (κ1) is 17.2. The number of nitrogens with one attached hydrogen (secondary N) is 1. The van der Waals surface area contributed by atoms with Crippen molar-refractivity contribution < 1.29 is 4.79 Å². The van der Waals surface area contributed by atoms with Crippen LogP contribution in [0.4, 0.5) is 0 Å². The van der Waals surface area contributed by atoms with Crippen molar-refractivity contribution in [2.75, 3.05) is 0 Å². The van der Waals surface area contributed by atoms with E-state index in [0.29, 0.717) is 17.0 Å². The number of hydrogen-bond acceptors (Lipinski definition) is 5. The lowest BCUT2D eigenvalue weighted by Crippen LogP contribution is -2.32. The molecule has 1 amide bonds. The van der Waals surface area contributed by atoms with Gasteiger partial charge < -0.3 is 5.32 Å². The maximum Gasteiger partial charge on any atom is 0.253 e. The molecule has 6 nitrogen and oxygen atoms in total. The molecule has 7 heteroatoms. The molecule has 0 spiro atoms. The topological polar surface area (TPSA) is 72.2 Å². The van der Waals surface area contributed by atoms with E-state index in [4.69, 9.17) is 0 Å². The van der Waals surface area contributed by atoms with Gasteiger partial charge in [0.05, 0.1) is 5.25 Å². The molecule has 0 saturated heterocycles. The van der Waals surface area contributed by atoms with Crippen LogP contribution in [0.1, 0.15) is 56.5 Å². The van der Waals surface area contributed by atoms with E-state index in [1.807, 2.05) is 18.4 Å². The quantitative estimate of drug-likeness (QED) is 0.780. The predicted octanol–water partition coefficient (Wildman–Crippen LogP) is 2.84. The van der Waals surface area contributed by atoms with Crippen LogP contribution in [0.2, 0.25) is 0 Å². The lowest BCUT2D eigenvalue weighted by Gasteiger charge is -2.09. The average molecular weight is 347 g/mol. The van der Waals surface area contributed by atoms with Crippen molar-refractivity contribution in [3.8, 4) is 0 Å². The van der Waals surface area contributed by atoms with Crippen LogP contribution < -0.4 is 5.32 Å². The second kappa shape index (κ2) is 7.09. The number of aromatic nitrogens is 4. The molecular formula is C17H25N5OS. The van der Waals surface area contributed by atoms with E-state index in [2.05, 4.69) is 34.2 Å². The number of fused-ring (bicyclic) bond motifs is 1. The monoisotopic (exact) mass is 347 g/mol. The van der Waals surface area contributed by atoms with Gasteiger partial charge in [0.2, 0.25) is 11.1 Å². The summed E-state index contributed by atoms with van der Waals surface area (Å²) >= 11 is 1.39. The van der Waals surface area contributed by atoms with Crippen LogP contribution in [0.15, 0.2) is 5.16 Å². The second-order valence-electron chi connectivity index (χ2n) is 6.51. The summed E-state index contributed by atoms with van der Waals surface area (Å²) in [5.41, 5.74) is 3.38. The van der Waals surface area contributed by atoms with Gasteiger partial charge in [0.1, 0.15) is 0 Å². The molecule has 1 unspecified atom stereocenters. The number of carbonyl (C=O) groups excluding carboxylic acids is 1. The first-order chi connectivity index (χ1) is 11.5. The molecular weight excluding hydrogens is 322 g/mol. The molecule has 0 radical (unpaired) electrons. The maximum absolute atomic E-state index is 12.1. The van der Waals surface area contributed by atoms with Crippen molar-refractivity contribution >= 4 is 23.4 Å². The van der Waals surface area contributed by atoms with Gasteiger partial charge in [0.15, 0.2) is 0 Å². The minimum absolute atomic E-state index is 0.0610. The fourth-order valence-electron chi connectivity index (χ4n) is 2.71. The third kappa shape index (κ3) is 3.71. The van der Waals surface area contributed by atoms with E-state index >= 15 is 0 Å². The van der Waals surface area contributed by atoms with Crippen LogP contribution in [-0.2, 0) is 11.2 Å². The molecule has 1 N–H and O–H groups in total. The molecule has 0 aliphatic heterocycles. The number of rotatable bonds is 7. The highest BCUT2D eigenvalue weighted by molar-refractivity contribution is 8.00. The minimum atomic E-state index is -0.205. The summed E-state index contributed by atoms with van der Waals surface area (Å²) in [6, 6.07) is 0.377. The highest BCUT2D eigenvalue weighted by atomic mass is 32.2. The van der Waals surface area contributed by atoms with Gasteiger partial charge >= 0.3 is 0 Å². The first-order valence-electron chi connectivity index (χ1n) is 8.69. The molecule has 1 fully saturated rings. The Balaban J connectivity index is 1.79. The minimum Gasteiger partial charge on any atom is -0.352 e. The number of amides is 1.